The van der Waals surface area contributed by atoms with Crippen molar-refractivity contribution in [3.8, 4) is 5.75 Å². The number of fused-ring (bicyclic) bond motifs is 2. The van der Waals surface area contributed by atoms with E-state index in [9.17, 15) is 4.79 Å². The van der Waals surface area contributed by atoms with Gasteiger partial charge in [0.25, 0.3) is 5.91 Å². The topological polar surface area (TPSA) is 55.3 Å². The van der Waals surface area contributed by atoms with E-state index in [0.29, 0.717) is 21.6 Å². The molecule has 0 N–H and O–H groups in total. The number of benzene rings is 2. The second-order valence-corrected chi connectivity index (χ2v) is 9.22. The molecule has 3 heterocycles. The van der Waals surface area contributed by atoms with Crippen molar-refractivity contribution in [3.63, 3.8) is 0 Å². The number of thiophene rings is 1. The Morgan fingerprint density at radius 3 is 2.68 bits per heavy atom. The van der Waals surface area contributed by atoms with E-state index in [1.807, 2.05) is 60.7 Å². The van der Waals surface area contributed by atoms with Crippen molar-refractivity contribution in [2.75, 3.05) is 12.0 Å². The molecule has 5 rings (SSSR count). The third kappa shape index (κ3) is 3.76. The summed E-state index contributed by atoms with van der Waals surface area (Å²) in [6.45, 7) is 0.293. The third-order valence-electron chi connectivity index (χ3n) is 4.83. The molecule has 0 radical (unpaired) electrons. The summed E-state index contributed by atoms with van der Waals surface area (Å²) >= 11 is 9.46. The first-order valence-corrected chi connectivity index (χ1v) is 11.5. The molecular weight excluding hydrogens is 450 g/mol. The van der Waals surface area contributed by atoms with Crippen LogP contribution in [0.25, 0.3) is 20.3 Å². The maximum absolute atomic E-state index is 13.7. The quantitative estimate of drug-likeness (QED) is 0.300. The van der Waals surface area contributed by atoms with E-state index >= 15 is 0 Å². The molecule has 0 aliphatic heterocycles. The monoisotopic (exact) mass is 465 g/mol. The molecule has 0 atom stereocenters. The molecule has 2 aromatic carbocycles. The van der Waals surface area contributed by atoms with Gasteiger partial charge in [-0.3, -0.25) is 14.7 Å². The lowest BCUT2D eigenvalue weighted by molar-refractivity contribution is 0.0989. The van der Waals surface area contributed by atoms with Crippen LogP contribution in [0.5, 0.6) is 5.75 Å². The summed E-state index contributed by atoms with van der Waals surface area (Å²) in [5.41, 5.74) is 1.55. The van der Waals surface area contributed by atoms with Gasteiger partial charge >= 0.3 is 0 Å². The van der Waals surface area contributed by atoms with Gasteiger partial charge in [0, 0.05) is 22.3 Å². The molecule has 154 valence electrons. The van der Waals surface area contributed by atoms with Gasteiger partial charge in [-0.2, -0.15) is 0 Å². The van der Waals surface area contributed by atoms with E-state index in [1.165, 1.54) is 22.7 Å². The number of pyridine rings is 1. The number of amides is 1. The first-order chi connectivity index (χ1) is 15.1. The molecule has 3 aromatic heterocycles. The Labute approximate surface area is 191 Å². The normalized spacial score (nSPS) is 11.2. The van der Waals surface area contributed by atoms with Crippen molar-refractivity contribution in [1.29, 1.82) is 0 Å². The molecule has 1 amide bonds. The Hall–Kier alpha value is -3.00. The van der Waals surface area contributed by atoms with E-state index in [2.05, 4.69) is 4.98 Å². The smallest absolute Gasteiger partial charge is 0.272 e. The minimum Gasteiger partial charge on any atom is -0.497 e. The Kier molecular flexibility index (Phi) is 5.31. The predicted octanol–water partition coefficient (Wildman–Crippen LogP) is 6.42. The number of anilines is 1. The van der Waals surface area contributed by atoms with Gasteiger partial charge in [-0.05, 0) is 30.3 Å². The summed E-state index contributed by atoms with van der Waals surface area (Å²) in [4.78, 5) is 25.0. The summed E-state index contributed by atoms with van der Waals surface area (Å²) < 4.78 is 7.26. The minimum absolute atomic E-state index is 0.192. The number of rotatable bonds is 5. The molecule has 0 fully saturated rings. The zero-order valence-corrected chi connectivity index (χ0v) is 18.8. The molecule has 0 unspecified atom stereocenters. The van der Waals surface area contributed by atoms with Crippen LogP contribution in [-0.2, 0) is 6.54 Å². The number of halogens is 1. The van der Waals surface area contributed by atoms with Crippen molar-refractivity contribution in [3.05, 3.63) is 82.5 Å². The molecular formula is C23H16ClN3O2S2. The van der Waals surface area contributed by atoms with Gasteiger partial charge in [0.1, 0.15) is 10.6 Å². The highest BCUT2D eigenvalue weighted by Gasteiger charge is 2.26. The fraction of sp³-hybridized carbons (Fsp3) is 0.0870. The highest BCUT2D eigenvalue weighted by molar-refractivity contribution is 7.23. The van der Waals surface area contributed by atoms with Crippen molar-refractivity contribution < 1.29 is 9.53 Å². The summed E-state index contributed by atoms with van der Waals surface area (Å²) in [5.74, 6) is 0.530. The van der Waals surface area contributed by atoms with Crippen LogP contribution >= 0.6 is 34.3 Å². The van der Waals surface area contributed by atoms with Gasteiger partial charge in [-0.15, -0.1) is 11.3 Å². The highest BCUT2D eigenvalue weighted by atomic mass is 35.5. The van der Waals surface area contributed by atoms with E-state index in [0.717, 1.165) is 31.7 Å². The summed E-state index contributed by atoms with van der Waals surface area (Å²) in [7, 11) is 1.62. The SMILES string of the molecule is COc1ccc2sc(N(Cc3ccccn3)C(=O)c3sc4ccccc4c3Cl)nc2c1. The number of hydrogen-bond acceptors (Lipinski definition) is 6. The van der Waals surface area contributed by atoms with Gasteiger partial charge in [-0.25, -0.2) is 4.98 Å². The second-order valence-electron chi connectivity index (χ2n) is 6.78. The molecule has 0 saturated carbocycles. The van der Waals surface area contributed by atoms with Crippen LogP contribution in [0.3, 0.4) is 0 Å². The number of ether oxygens (including phenoxy) is 1. The highest BCUT2D eigenvalue weighted by Crippen LogP contribution is 2.38. The van der Waals surface area contributed by atoms with Crippen molar-refractivity contribution in [2.45, 2.75) is 6.54 Å². The Morgan fingerprint density at radius 2 is 1.90 bits per heavy atom. The zero-order chi connectivity index (χ0) is 21.4. The van der Waals surface area contributed by atoms with Crippen LogP contribution < -0.4 is 9.64 Å². The van der Waals surface area contributed by atoms with Crippen molar-refractivity contribution in [2.24, 2.45) is 0 Å². The molecule has 0 saturated heterocycles. The molecule has 5 aromatic rings. The van der Waals surface area contributed by atoms with Gasteiger partial charge in [0.05, 0.1) is 34.6 Å². The summed E-state index contributed by atoms with van der Waals surface area (Å²) in [6.07, 6.45) is 1.72. The van der Waals surface area contributed by atoms with Crippen LogP contribution in [-0.4, -0.2) is 23.0 Å². The molecule has 0 aliphatic carbocycles. The number of carbonyl (C=O) groups excluding carboxylic acids is 1. The van der Waals surface area contributed by atoms with Crippen LogP contribution in [0, 0.1) is 0 Å². The lowest BCUT2D eigenvalue weighted by Crippen LogP contribution is -2.30. The lowest BCUT2D eigenvalue weighted by atomic mass is 10.2. The maximum atomic E-state index is 13.7. The average molecular weight is 466 g/mol. The van der Waals surface area contributed by atoms with E-state index in [-0.39, 0.29) is 5.91 Å². The fourth-order valence-electron chi connectivity index (χ4n) is 3.29. The predicted molar refractivity (Wildman–Crippen MR) is 128 cm³/mol. The maximum Gasteiger partial charge on any atom is 0.272 e. The first kappa shape index (κ1) is 19.9. The van der Waals surface area contributed by atoms with Crippen LogP contribution in [0.4, 0.5) is 5.13 Å². The number of aromatic nitrogens is 2. The minimum atomic E-state index is -0.192. The lowest BCUT2D eigenvalue weighted by Gasteiger charge is -2.19. The molecule has 0 aliphatic rings. The van der Waals surface area contributed by atoms with Crippen molar-refractivity contribution in [1.82, 2.24) is 9.97 Å². The molecule has 31 heavy (non-hydrogen) atoms. The molecule has 5 nitrogen and oxygen atoms in total. The van der Waals surface area contributed by atoms with Crippen LogP contribution in [0.2, 0.25) is 5.02 Å². The Bertz CT molecular complexity index is 1400. The number of carbonyl (C=O) groups is 1. The standard InChI is InChI=1S/C23H16ClN3O2S2/c1-29-15-9-10-19-17(12-15)26-23(31-19)27(13-14-6-4-5-11-25-14)22(28)21-20(24)16-7-2-3-8-18(16)30-21/h2-12H,13H2,1H3. The van der Waals surface area contributed by atoms with E-state index in [1.54, 1.807) is 18.2 Å². The van der Waals surface area contributed by atoms with E-state index in [4.69, 9.17) is 21.3 Å². The largest absolute Gasteiger partial charge is 0.497 e. The second kappa shape index (κ2) is 8.26. The summed E-state index contributed by atoms with van der Waals surface area (Å²) in [6, 6.07) is 19.1. The van der Waals surface area contributed by atoms with Crippen LogP contribution in [0.1, 0.15) is 15.4 Å². The Balaban J connectivity index is 1.61. The van der Waals surface area contributed by atoms with Gasteiger partial charge in [-0.1, -0.05) is 47.2 Å². The van der Waals surface area contributed by atoms with Gasteiger partial charge < -0.3 is 4.74 Å². The Morgan fingerprint density at radius 1 is 1.06 bits per heavy atom. The third-order valence-corrected chi connectivity index (χ3v) is 7.56. The zero-order valence-electron chi connectivity index (χ0n) is 16.4. The molecule has 0 spiro atoms. The number of hydrogen-bond donors (Lipinski definition) is 0. The number of methoxy groups -OCH3 is 1. The van der Waals surface area contributed by atoms with Gasteiger partial charge in [0.2, 0.25) is 0 Å². The number of thiazole rings is 1. The molecule has 0 bridgehead atoms. The fourth-order valence-corrected chi connectivity index (χ4v) is 5.70. The van der Waals surface area contributed by atoms with Crippen LogP contribution in [0.15, 0.2) is 66.9 Å². The average Bonchev–Trinajstić information content (AvgIpc) is 3.38. The number of nitrogens with zero attached hydrogens (tertiary/aromatic N) is 3. The summed E-state index contributed by atoms with van der Waals surface area (Å²) in [5, 5.41) is 1.94. The molecule has 8 heteroatoms. The van der Waals surface area contributed by atoms with E-state index < -0.39 is 0 Å². The van der Waals surface area contributed by atoms with Crippen molar-refractivity contribution >= 4 is 65.6 Å². The van der Waals surface area contributed by atoms with Gasteiger partial charge in [0.15, 0.2) is 5.13 Å². The first-order valence-electron chi connectivity index (χ1n) is 9.47.